The number of carbonyl (C=O) groups is 3. The number of hydrogen-bond acceptors (Lipinski definition) is 6. The van der Waals surface area contributed by atoms with Crippen LogP contribution in [0.3, 0.4) is 0 Å². The van der Waals surface area contributed by atoms with Crippen LogP contribution in [0.1, 0.15) is 26.3 Å². The van der Waals surface area contributed by atoms with Gasteiger partial charge in [0.1, 0.15) is 0 Å². The Morgan fingerprint density at radius 3 is 2.14 bits per heavy atom. The third-order valence-electron chi connectivity index (χ3n) is 2.69. The minimum Gasteiger partial charge on any atom is -0.464 e. The van der Waals surface area contributed by atoms with Crippen molar-refractivity contribution in [2.24, 2.45) is 0 Å². The number of rotatable bonds is 7. The minimum absolute atomic E-state index is 0.00620. The molecule has 0 fully saturated rings. The number of carbonyl (C=O) groups excluding carboxylic acids is 3. The van der Waals surface area contributed by atoms with E-state index in [1.165, 1.54) is 18.3 Å². The first-order valence-corrected chi connectivity index (χ1v) is 7.54. The van der Waals surface area contributed by atoms with Crippen LogP contribution >= 0.6 is 11.3 Å². The summed E-state index contributed by atoms with van der Waals surface area (Å²) in [6, 6.07) is 1.78. The van der Waals surface area contributed by atoms with Crippen molar-refractivity contribution >= 4 is 29.2 Å². The monoisotopic (exact) mass is 313 g/mol. The van der Waals surface area contributed by atoms with Gasteiger partial charge in [0, 0.05) is 13.3 Å². The van der Waals surface area contributed by atoms with Crippen molar-refractivity contribution in [3.8, 4) is 0 Å². The fourth-order valence-electron chi connectivity index (χ4n) is 1.88. The van der Waals surface area contributed by atoms with E-state index in [1.54, 1.807) is 25.3 Å². The van der Waals surface area contributed by atoms with Gasteiger partial charge >= 0.3 is 11.9 Å². The molecule has 0 aromatic carbocycles. The van der Waals surface area contributed by atoms with Crippen LogP contribution in [-0.2, 0) is 30.3 Å². The van der Waals surface area contributed by atoms with E-state index < -0.39 is 23.4 Å². The molecule has 1 amide bonds. The molecule has 1 N–H and O–H groups in total. The quantitative estimate of drug-likeness (QED) is 0.606. The lowest BCUT2D eigenvalue weighted by Gasteiger charge is -2.29. The minimum atomic E-state index is -1.85. The summed E-state index contributed by atoms with van der Waals surface area (Å²) in [6.07, 6.45) is -0.00620. The van der Waals surface area contributed by atoms with E-state index >= 15 is 0 Å². The second kappa shape index (κ2) is 7.78. The van der Waals surface area contributed by atoms with Gasteiger partial charge in [-0.05, 0) is 36.2 Å². The van der Waals surface area contributed by atoms with Crippen LogP contribution in [0.4, 0.5) is 0 Å². The van der Waals surface area contributed by atoms with E-state index in [1.807, 2.05) is 5.38 Å². The van der Waals surface area contributed by atoms with Crippen molar-refractivity contribution in [3.63, 3.8) is 0 Å². The molecule has 21 heavy (non-hydrogen) atoms. The Morgan fingerprint density at radius 2 is 1.76 bits per heavy atom. The lowest BCUT2D eigenvalue weighted by atomic mass is 9.91. The molecule has 116 valence electrons. The average Bonchev–Trinajstić information content (AvgIpc) is 2.90. The van der Waals surface area contributed by atoms with Crippen molar-refractivity contribution in [2.45, 2.75) is 32.7 Å². The Kier molecular flexibility index (Phi) is 6.36. The predicted molar refractivity (Wildman–Crippen MR) is 77.8 cm³/mol. The van der Waals surface area contributed by atoms with Gasteiger partial charge in [0.25, 0.3) is 0 Å². The first-order chi connectivity index (χ1) is 9.96. The molecule has 0 aliphatic carbocycles. The predicted octanol–water partition coefficient (Wildman–Crippen LogP) is 1.29. The molecular weight excluding hydrogens is 294 g/mol. The lowest BCUT2D eigenvalue weighted by Crippen LogP contribution is -2.62. The van der Waals surface area contributed by atoms with Crippen LogP contribution in [0.15, 0.2) is 16.8 Å². The molecule has 0 aliphatic heterocycles. The molecule has 1 heterocycles. The molecular formula is C14H19NO5S. The molecule has 0 bridgehead atoms. The van der Waals surface area contributed by atoms with Gasteiger partial charge in [0.15, 0.2) is 0 Å². The SMILES string of the molecule is CCOC(=O)C(Cc1ccsc1)(NC(C)=O)C(=O)OCC. The summed E-state index contributed by atoms with van der Waals surface area (Å²) in [5, 5.41) is 6.04. The lowest BCUT2D eigenvalue weighted by molar-refractivity contribution is -0.168. The standard InChI is InChI=1S/C14H19NO5S/c1-4-19-12(17)14(15-10(3)16,13(18)20-5-2)8-11-6-7-21-9-11/h6-7,9H,4-5,8H2,1-3H3,(H,15,16). The van der Waals surface area contributed by atoms with Crippen molar-refractivity contribution in [1.29, 1.82) is 0 Å². The Labute approximate surface area is 127 Å². The molecule has 0 unspecified atom stereocenters. The molecule has 1 aromatic rings. The summed E-state index contributed by atoms with van der Waals surface area (Å²) in [4.78, 5) is 36.1. The molecule has 6 nitrogen and oxygen atoms in total. The molecule has 0 atom stereocenters. The maximum absolute atomic E-state index is 12.3. The number of esters is 2. The summed E-state index contributed by atoms with van der Waals surface area (Å²) in [6.45, 7) is 4.70. The first kappa shape index (κ1) is 17.2. The summed E-state index contributed by atoms with van der Waals surface area (Å²) in [5.74, 6) is -2.14. The molecule has 1 aromatic heterocycles. The second-order valence-corrected chi connectivity index (χ2v) is 5.12. The van der Waals surface area contributed by atoms with E-state index in [4.69, 9.17) is 9.47 Å². The second-order valence-electron chi connectivity index (χ2n) is 4.34. The highest BCUT2D eigenvalue weighted by Gasteiger charge is 2.50. The van der Waals surface area contributed by atoms with Crippen LogP contribution in [0.25, 0.3) is 0 Å². The van der Waals surface area contributed by atoms with Crippen molar-refractivity contribution in [2.75, 3.05) is 13.2 Å². The highest BCUT2D eigenvalue weighted by atomic mass is 32.1. The van der Waals surface area contributed by atoms with Gasteiger partial charge in [-0.25, -0.2) is 9.59 Å². The number of hydrogen-bond donors (Lipinski definition) is 1. The van der Waals surface area contributed by atoms with Crippen molar-refractivity contribution < 1.29 is 23.9 Å². The normalized spacial score (nSPS) is 10.8. The van der Waals surface area contributed by atoms with E-state index in [9.17, 15) is 14.4 Å². The maximum Gasteiger partial charge on any atom is 0.344 e. The molecule has 7 heteroatoms. The average molecular weight is 313 g/mol. The maximum atomic E-state index is 12.3. The van der Waals surface area contributed by atoms with Gasteiger partial charge in [0.05, 0.1) is 13.2 Å². The van der Waals surface area contributed by atoms with E-state index in [-0.39, 0.29) is 19.6 Å². The Hall–Kier alpha value is -1.89. The zero-order chi connectivity index (χ0) is 15.9. The zero-order valence-corrected chi connectivity index (χ0v) is 13.1. The van der Waals surface area contributed by atoms with Crippen LogP contribution in [0, 0.1) is 0 Å². The Balaban J connectivity index is 3.21. The Bertz CT molecular complexity index is 479. The molecule has 0 saturated carbocycles. The van der Waals surface area contributed by atoms with Gasteiger partial charge in [-0.15, -0.1) is 0 Å². The van der Waals surface area contributed by atoms with Gasteiger partial charge in [-0.2, -0.15) is 11.3 Å². The van der Waals surface area contributed by atoms with Gasteiger partial charge in [-0.1, -0.05) is 0 Å². The molecule has 0 saturated heterocycles. The number of nitrogens with one attached hydrogen (secondary N) is 1. The zero-order valence-electron chi connectivity index (χ0n) is 12.3. The molecule has 0 aliphatic rings. The summed E-state index contributed by atoms with van der Waals surface area (Å²) in [5.41, 5.74) is -1.10. The fraction of sp³-hybridized carbons (Fsp3) is 0.500. The summed E-state index contributed by atoms with van der Waals surface area (Å²) < 4.78 is 9.95. The third kappa shape index (κ3) is 4.29. The number of amides is 1. The highest BCUT2D eigenvalue weighted by Crippen LogP contribution is 2.20. The molecule has 1 rings (SSSR count). The Morgan fingerprint density at radius 1 is 1.19 bits per heavy atom. The van der Waals surface area contributed by atoms with Gasteiger partial charge in [0.2, 0.25) is 11.4 Å². The van der Waals surface area contributed by atoms with Gasteiger partial charge in [-0.3, -0.25) is 4.79 Å². The fourth-order valence-corrected chi connectivity index (χ4v) is 2.55. The van der Waals surface area contributed by atoms with Crippen LogP contribution in [-0.4, -0.2) is 36.6 Å². The highest BCUT2D eigenvalue weighted by molar-refractivity contribution is 7.07. The smallest absolute Gasteiger partial charge is 0.344 e. The summed E-state index contributed by atoms with van der Waals surface area (Å²) >= 11 is 1.43. The van der Waals surface area contributed by atoms with Crippen molar-refractivity contribution in [1.82, 2.24) is 5.32 Å². The third-order valence-corrected chi connectivity index (χ3v) is 3.42. The summed E-state index contributed by atoms with van der Waals surface area (Å²) in [7, 11) is 0. The van der Waals surface area contributed by atoms with Crippen molar-refractivity contribution in [3.05, 3.63) is 22.4 Å². The topological polar surface area (TPSA) is 81.7 Å². The van der Waals surface area contributed by atoms with Crippen LogP contribution < -0.4 is 5.32 Å². The van der Waals surface area contributed by atoms with E-state index in [0.29, 0.717) is 0 Å². The van der Waals surface area contributed by atoms with E-state index in [0.717, 1.165) is 5.56 Å². The van der Waals surface area contributed by atoms with Crippen LogP contribution in [0.5, 0.6) is 0 Å². The van der Waals surface area contributed by atoms with Crippen LogP contribution in [0.2, 0.25) is 0 Å². The van der Waals surface area contributed by atoms with Gasteiger partial charge < -0.3 is 14.8 Å². The molecule has 0 spiro atoms. The first-order valence-electron chi connectivity index (χ1n) is 6.60. The van der Waals surface area contributed by atoms with E-state index in [2.05, 4.69) is 5.32 Å². The number of thiophene rings is 1. The molecule has 0 radical (unpaired) electrons. The number of ether oxygens (including phenoxy) is 2. The largest absolute Gasteiger partial charge is 0.464 e.